The van der Waals surface area contributed by atoms with Gasteiger partial charge in [0.2, 0.25) is 41.4 Å². The van der Waals surface area contributed by atoms with Crippen LogP contribution in [0.4, 0.5) is 26.3 Å². The third-order valence-corrected chi connectivity index (χ3v) is 15.6. The van der Waals surface area contributed by atoms with Crippen molar-refractivity contribution in [3.8, 4) is 10.4 Å². The van der Waals surface area contributed by atoms with Crippen LogP contribution in [0.1, 0.15) is 104 Å². The first-order valence-electron chi connectivity index (χ1n) is 24.6. The van der Waals surface area contributed by atoms with Gasteiger partial charge in [0.1, 0.15) is 42.4 Å². The van der Waals surface area contributed by atoms with Crippen LogP contribution in [-0.4, -0.2) is 154 Å². The van der Waals surface area contributed by atoms with Crippen LogP contribution in [-0.2, 0) is 40.0 Å². The quantitative estimate of drug-likeness (QED) is 0.195. The Morgan fingerprint density at radius 1 is 0.986 bits per heavy atom. The Morgan fingerprint density at radius 3 is 2.26 bits per heavy atom. The number of carbonyl (C=O) groups is 7. The number of halogens is 7. The number of benzene rings is 1. The van der Waals surface area contributed by atoms with Crippen LogP contribution >= 0.6 is 22.9 Å². The highest BCUT2D eigenvalue weighted by molar-refractivity contribution is 7.13. The summed E-state index contributed by atoms with van der Waals surface area (Å²) < 4.78 is 86.1. The molecule has 4 fully saturated rings. The minimum Gasteiger partial charge on any atom is -0.344 e. The summed E-state index contributed by atoms with van der Waals surface area (Å²) in [5.41, 5.74) is -0.549. The van der Waals surface area contributed by atoms with Crippen LogP contribution in [0.15, 0.2) is 29.9 Å². The van der Waals surface area contributed by atoms with Crippen molar-refractivity contribution in [3.05, 3.63) is 40.5 Å². The Kier molecular flexibility index (Phi) is 18.0. The predicted octanol–water partition coefficient (Wildman–Crippen LogP) is 6.32. The standard InChI is InChI=1S/C49H65ClF6N8O7S/c1-7-63(45(70)35(18-29-11-10-12-29)60-42(67)38-21-32(51)23-64(38)46(71)47(49(54,55)56)24-48(52,53)25-47)36-13-8-9-16-61(5)43(68)28(4)58-41(66)37(62(6)44(69)34(17-27(2)3)59-40(36)65)20-30-19-31(50)14-15-33(30)39-22-57-26-72-39/h14-15,19,22,26-29,32,34-38H,7-13,16-18,20-21,23-25H2,1-6H3,(H,58,66)(H,59,65)(H,60,67)/t28-,32-,34+,35+,36+,37+,38+/m1/s1. The van der Waals surface area contributed by atoms with Gasteiger partial charge in [-0.15, -0.1) is 11.3 Å². The number of rotatable bonds is 13. The van der Waals surface area contributed by atoms with E-state index in [1.54, 1.807) is 43.9 Å². The molecule has 23 heteroatoms. The Balaban J connectivity index is 1.31. The molecule has 0 spiro atoms. The topological polar surface area (TPSA) is 181 Å². The van der Waals surface area contributed by atoms with E-state index >= 15 is 4.39 Å². The van der Waals surface area contributed by atoms with Crippen molar-refractivity contribution in [2.45, 2.75) is 159 Å². The lowest BCUT2D eigenvalue weighted by Crippen LogP contribution is -2.65. The average Bonchev–Trinajstić information content (AvgIpc) is 3.97. The zero-order valence-electron chi connectivity index (χ0n) is 41.3. The van der Waals surface area contributed by atoms with Crippen molar-refractivity contribution in [1.29, 1.82) is 0 Å². The first-order valence-corrected chi connectivity index (χ1v) is 25.8. The number of amides is 7. The second-order valence-corrected chi connectivity index (χ2v) is 21.7. The summed E-state index contributed by atoms with van der Waals surface area (Å²) in [6, 6.07) is -2.91. The molecule has 15 nitrogen and oxygen atoms in total. The molecule has 3 heterocycles. The Hall–Kier alpha value is -4.99. The molecule has 0 radical (unpaired) electrons. The number of alkyl halides is 6. The second kappa shape index (κ2) is 23.1. The number of likely N-dealkylation sites (tertiary alicyclic amines) is 1. The molecule has 6 rings (SSSR count). The van der Waals surface area contributed by atoms with E-state index in [0.717, 1.165) is 11.3 Å². The third-order valence-electron chi connectivity index (χ3n) is 14.5. The van der Waals surface area contributed by atoms with Crippen molar-refractivity contribution in [3.63, 3.8) is 0 Å². The van der Waals surface area contributed by atoms with Crippen molar-refractivity contribution in [1.82, 2.24) is 40.5 Å². The van der Waals surface area contributed by atoms with Crippen LogP contribution in [0.3, 0.4) is 0 Å². The monoisotopic (exact) mass is 1060 g/mol. The molecule has 72 heavy (non-hydrogen) atoms. The molecule has 7 amide bonds. The molecule has 2 aliphatic carbocycles. The molecule has 1 aromatic heterocycles. The zero-order valence-corrected chi connectivity index (χ0v) is 42.9. The van der Waals surface area contributed by atoms with Gasteiger partial charge in [-0.3, -0.25) is 38.5 Å². The normalized spacial score (nSPS) is 26.1. The fourth-order valence-electron chi connectivity index (χ4n) is 10.3. The predicted molar refractivity (Wildman–Crippen MR) is 256 cm³/mol. The fourth-order valence-corrected chi connectivity index (χ4v) is 11.2. The number of hydrogen-bond acceptors (Lipinski definition) is 9. The number of likely N-dealkylation sites (N-methyl/N-ethyl adjacent to an activating group) is 3. The van der Waals surface area contributed by atoms with Crippen LogP contribution < -0.4 is 16.0 Å². The molecule has 0 unspecified atom stereocenters. The largest absolute Gasteiger partial charge is 0.403 e. The van der Waals surface area contributed by atoms with Gasteiger partial charge in [-0.05, 0) is 81.0 Å². The maximum absolute atomic E-state index is 15.1. The zero-order chi connectivity index (χ0) is 53.0. The Bertz CT molecular complexity index is 2310. The van der Waals surface area contributed by atoms with Gasteiger partial charge in [-0.1, -0.05) is 50.8 Å². The maximum Gasteiger partial charge on any atom is 0.403 e. The van der Waals surface area contributed by atoms with Gasteiger partial charge in [-0.2, -0.15) is 13.2 Å². The molecule has 4 aliphatic rings. The van der Waals surface area contributed by atoms with E-state index in [-0.39, 0.29) is 57.0 Å². The highest BCUT2D eigenvalue weighted by Crippen LogP contribution is 2.61. The Labute approximate surface area is 424 Å². The summed E-state index contributed by atoms with van der Waals surface area (Å²) in [4.78, 5) is 110. The summed E-state index contributed by atoms with van der Waals surface area (Å²) in [5, 5.41) is 8.62. The van der Waals surface area contributed by atoms with E-state index < -0.39 is 127 Å². The summed E-state index contributed by atoms with van der Waals surface area (Å²) in [5.74, 6) is -10.3. The average molecular weight is 1060 g/mol. The number of nitrogens with one attached hydrogen (secondary N) is 3. The highest BCUT2D eigenvalue weighted by Gasteiger charge is 2.75. The number of aromatic nitrogens is 1. The first kappa shape index (κ1) is 56.3. The first-order chi connectivity index (χ1) is 33.8. The van der Waals surface area contributed by atoms with Crippen LogP contribution in [0.2, 0.25) is 5.02 Å². The molecule has 2 aromatic rings. The fraction of sp³-hybridized carbons (Fsp3) is 0.673. The molecular formula is C49H65ClF6N8O7S. The molecule has 7 atom stereocenters. The lowest BCUT2D eigenvalue weighted by atomic mass is 9.64. The number of nitrogens with zero attached hydrogens (tertiary/aromatic N) is 5. The smallest absolute Gasteiger partial charge is 0.344 e. The number of thiazole rings is 1. The van der Waals surface area contributed by atoms with Gasteiger partial charge in [-0.25, -0.2) is 13.2 Å². The molecule has 3 N–H and O–H groups in total. The van der Waals surface area contributed by atoms with Crippen LogP contribution in [0, 0.1) is 17.3 Å². The van der Waals surface area contributed by atoms with Crippen LogP contribution in [0.5, 0.6) is 0 Å². The second-order valence-electron chi connectivity index (χ2n) is 20.3. The van der Waals surface area contributed by atoms with Gasteiger partial charge in [0.25, 0.3) is 5.92 Å². The van der Waals surface area contributed by atoms with Gasteiger partial charge in [0.15, 0.2) is 5.41 Å². The van der Waals surface area contributed by atoms with Gasteiger partial charge in [0.05, 0.1) is 16.9 Å². The molecule has 1 aromatic carbocycles. The van der Waals surface area contributed by atoms with Crippen molar-refractivity contribution < 1.29 is 59.9 Å². The maximum atomic E-state index is 15.1. The van der Waals surface area contributed by atoms with Gasteiger partial charge >= 0.3 is 6.18 Å². The van der Waals surface area contributed by atoms with Crippen LogP contribution in [0.25, 0.3) is 10.4 Å². The molecule has 2 saturated heterocycles. The van der Waals surface area contributed by atoms with E-state index in [4.69, 9.17) is 11.6 Å². The molecule has 398 valence electrons. The SMILES string of the molecule is CCN(C(=O)[C@H](CC1CCC1)NC(=O)[C@@H]1C[C@@H](F)CN1C(=O)C1(C(F)(F)F)CC(F)(F)C1)[C@H]1CCCCN(C)C(=O)[C@@H](C)NC(=O)[C@H](Cc2cc(Cl)ccc2-c2cncs2)N(C)C(=O)[C@H](CC(C)C)NC1=O. The lowest BCUT2D eigenvalue weighted by Gasteiger charge is -2.48. The number of hydrogen-bond donors (Lipinski definition) is 3. The molecule has 0 bridgehead atoms. The number of carbonyl (C=O) groups excluding carboxylic acids is 7. The van der Waals surface area contributed by atoms with E-state index in [1.807, 2.05) is 13.8 Å². The molecule has 2 aliphatic heterocycles. The Morgan fingerprint density at radius 2 is 1.68 bits per heavy atom. The minimum atomic E-state index is -5.42. The van der Waals surface area contributed by atoms with Gasteiger partial charge < -0.3 is 35.6 Å². The van der Waals surface area contributed by atoms with E-state index in [9.17, 15) is 55.5 Å². The van der Waals surface area contributed by atoms with Crippen molar-refractivity contribution in [2.75, 3.05) is 33.7 Å². The third kappa shape index (κ3) is 12.7. The highest BCUT2D eigenvalue weighted by atomic mass is 35.5. The molecule has 2 saturated carbocycles. The lowest BCUT2D eigenvalue weighted by molar-refractivity contribution is -0.299. The van der Waals surface area contributed by atoms with Crippen molar-refractivity contribution >= 4 is 64.3 Å². The van der Waals surface area contributed by atoms with E-state index in [1.165, 1.54) is 40.0 Å². The minimum absolute atomic E-state index is 0.0125. The summed E-state index contributed by atoms with van der Waals surface area (Å²) >= 11 is 7.84. The summed E-state index contributed by atoms with van der Waals surface area (Å²) in [6.07, 6.45) is -7.35. The summed E-state index contributed by atoms with van der Waals surface area (Å²) in [6.45, 7) is 5.93. The molecular weight excluding hydrogens is 994 g/mol. The van der Waals surface area contributed by atoms with Gasteiger partial charge in [0, 0.05) is 64.1 Å². The van der Waals surface area contributed by atoms with E-state index in [0.29, 0.717) is 40.3 Å². The summed E-state index contributed by atoms with van der Waals surface area (Å²) in [7, 11) is 2.98. The van der Waals surface area contributed by atoms with Crippen molar-refractivity contribution in [2.24, 2.45) is 17.3 Å². The van der Waals surface area contributed by atoms with E-state index in [2.05, 4.69) is 20.9 Å².